The second-order valence-electron chi connectivity index (χ2n) is 7.15. The van der Waals surface area contributed by atoms with Crippen molar-refractivity contribution in [2.45, 2.75) is 12.8 Å². The number of nitrogens with one attached hydrogen (secondary N) is 1. The number of ketones is 1. The average molecular weight is 410 g/mol. The maximum Gasteiger partial charge on any atom is 0.271 e. The molecule has 1 aliphatic rings. The fraction of sp³-hybridized carbons (Fsp3) is 0.227. The summed E-state index contributed by atoms with van der Waals surface area (Å²) >= 11 is 5.91. The van der Waals surface area contributed by atoms with Crippen LogP contribution in [-0.4, -0.2) is 45.0 Å². The number of hydrogen-bond donors (Lipinski definition) is 2. The van der Waals surface area contributed by atoms with Gasteiger partial charge in [0.2, 0.25) is 0 Å². The third-order valence-electron chi connectivity index (χ3n) is 5.25. The Morgan fingerprint density at radius 1 is 1.03 bits per heavy atom. The molecule has 2 heterocycles. The first-order valence-electron chi connectivity index (χ1n) is 9.45. The molecule has 0 bridgehead atoms. The SMILES string of the molecule is O=C(c1ccc(O)cc1)C1CCN(C(=O)c2cc(-c3ccc(Cl)cc3)n[nH]2)CC1. The van der Waals surface area contributed by atoms with Crippen LogP contribution in [0.15, 0.2) is 54.6 Å². The number of aromatic amines is 1. The van der Waals surface area contributed by atoms with Gasteiger partial charge in [-0.3, -0.25) is 14.7 Å². The van der Waals surface area contributed by atoms with Gasteiger partial charge in [-0.05, 0) is 55.3 Å². The van der Waals surface area contributed by atoms with Crippen molar-refractivity contribution in [3.8, 4) is 17.0 Å². The van der Waals surface area contributed by atoms with E-state index in [2.05, 4.69) is 10.2 Å². The third kappa shape index (κ3) is 4.17. The minimum absolute atomic E-state index is 0.0589. The van der Waals surface area contributed by atoms with Crippen LogP contribution in [0.2, 0.25) is 5.02 Å². The van der Waals surface area contributed by atoms with Crippen molar-refractivity contribution < 1.29 is 14.7 Å². The molecular formula is C22H20ClN3O3. The largest absolute Gasteiger partial charge is 0.508 e. The quantitative estimate of drug-likeness (QED) is 0.633. The van der Waals surface area contributed by atoms with Crippen LogP contribution in [0.5, 0.6) is 5.75 Å². The summed E-state index contributed by atoms with van der Waals surface area (Å²) in [4.78, 5) is 27.2. The van der Waals surface area contributed by atoms with E-state index in [0.29, 0.717) is 47.9 Å². The summed E-state index contributed by atoms with van der Waals surface area (Å²) in [5, 5.41) is 17.1. The molecule has 1 saturated heterocycles. The maximum atomic E-state index is 12.8. The highest BCUT2D eigenvalue weighted by Crippen LogP contribution is 2.25. The molecule has 0 radical (unpaired) electrons. The number of Topliss-reactive ketones (excluding diaryl/α,β-unsaturated/α-hetero) is 1. The van der Waals surface area contributed by atoms with Crippen LogP contribution in [-0.2, 0) is 0 Å². The number of phenols is 1. The number of carbonyl (C=O) groups is 2. The highest BCUT2D eigenvalue weighted by molar-refractivity contribution is 6.30. The van der Waals surface area contributed by atoms with Gasteiger partial charge in [0.25, 0.3) is 5.91 Å². The van der Waals surface area contributed by atoms with E-state index in [1.165, 1.54) is 12.1 Å². The number of aromatic nitrogens is 2. The summed E-state index contributed by atoms with van der Waals surface area (Å²) in [6, 6.07) is 15.3. The van der Waals surface area contributed by atoms with Crippen molar-refractivity contribution in [2.24, 2.45) is 5.92 Å². The Bertz CT molecular complexity index is 1020. The predicted octanol–water partition coefficient (Wildman–Crippen LogP) is 4.17. The standard InChI is InChI=1S/C22H20ClN3O3/c23-17-5-1-14(2-6-17)19-13-20(25-24-19)22(29)26-11-9-16(10-12-26)21(28)15-3-7-18(27)8-4-15/h1-8,13,16,27H,9-12H2,(H,24,25). The van der Waals surface area contributed by atoms with Crippen LogP contribution >= 0.6 is 11.6 Å². The van der Waals surface area contributed by atoms with Gasteiger partial charge in [0.15, 0.2) is 5.78 Å². The molecule has 4 rings (SSSR count). The van der Waals surface area contributed by atoms with Gasteiger partial charge in [-0.2, -0.15) is 5.10 Å². The van der Waals surface area contributed by atoms with E-state index in [4.69, 9.17) is 11.6 Å². The number of rotatable bonds is 4. The predicted molar refractivity (Wildman–Crippen MR) is 110 cm³/mol. The van der Waals surface area contributed by atoms with Crippen LogP contribution in [0.3, 0.4) is 0 Å². The lowest BCUT2D eigenvalue weighted by Gasteiger charge is -2.31. The Balaban J connectivity index is 1.38. The molecule has 3 aromatic rings. The number of nitrogens with zero attached hydrogens (tertiary/aromatic N) is 2. The van der Waals surface area contributed by atoms with Crippen LogP contribution in [0.1, 0.15) is 33.7 Å². The zero-order valence-electron chi connectivity index (χ0n) is 15.6. The molecule has 7 heteroatoms. The van der Waals surface area contributed by atoms with Crippen LogP contribution in [0.4, 0.5) is 0 Å². The van der Waals surface area contributed by atoms with Gasteiger partial charge >= 0.3 is 0 Å². The van der Waals surface area contributed by atoms with E-state index >= 15 is 0 Å². The monoisotopic (exact) mass is 409 g/mol. The molecule has 1 amide bonds. The highest BCUT2D eigenvalue weighted by atomic mass is 35.5. The summed E-state index contributed by atoms with van der Waals surface area (Å²) in [5.41, 5.74) is 2.58. The van der Waals surface area contributed by atoms with Gasteiger partial charge in [-0.15, -0.1) is 0 Å². The van der Waals surface area contributed by atoms with Crippen LogP contribution in [0.25, 0.3) is 11.3 Å². The minimum Gasteiger partial charge on any atom is -0.508 e. The first-order valence-corrected chi connectivity index (χ1v) is 9.83. The van der Waals surface area contributed by atoms with E-state index in [1.54, 1.807) is 35.2 Å². The number of aromatic hydroxyl groups is 1. The Kier molecular flexibility index (Phi) is 5.36. The molecule has 2 N–H and O–H groups in total. The maximum absolute atomic E-state index is 12.8. The first kappa shape index (κ1) is 19.2. The number of benzene rings is 2. The summed E-state index contributed by atoms with van der Waals surface area (Å²) in [6.07, 6.45) is 1.23. The van der Waals surface area contributed by atoms with Gasteiger partial charge in [-0.25, -0.2) is 0 Å². The zero-order valence-corrected chi connectivity index (χ0v) is 16.4. The fourth-order valence-corrected chi connectivity index (χ4v) is 3.70. The molecule has 1 aromatic heterocycles. The number of hydrogen-bond acceptors (Lipinski definition) is 4. The number of amides is 1. The van der Waals surface area contributed by atoms with E-state index in [0.717, 1.165) is 5.56 Å². The lowest BCUT2D eigenvalue weighted by Crippen LogP contribution is -2.40. The Hall–Kier alpha value is -3.12. The lowest BCUT2D eigenvalue weighted by molar-refractivity contribution is 0.0645. The second-order valence-corrected chi connectivity index (χ2v) is 7.59. The van der Waals surface area contributed by atoms with E-state index in [9.17, 15) is 14.7 Å². The number of carbonyl (C=O) groups excluding carboxylic acids is 2. The Labute approximate surface area is 173 Å². The van der Waals surface area contributed by atoms with E-state index in [1.807, 2.05) is 12.1 Å². The van der Waals surface area contributed by atoms with Crippen molar-refractivity contribution >= 4 is 23.3 Å². The van der Waals surface area contributed by atoms with Gasteiger partial charge in [-0.1, -0.05) is 23.7 Å². The number of halogens is 1. The molecule has 0 atom stereocenters. The fourth-order valence-electron chi connectivity index (χ4n) is 3.58. The van der Waals surface area contributed by atoms with Gasteiger partial charge in [0.05, 0.1) is 5.69 Å². The molecule has 0 spiro atoms. The summed E-state index contributed by atoms with van der Waals surface area (Å²) in [5.74, 6) is -0.0357. The topological polar surface area (TPSA) is 86.3 Å². The molecule has 1 aliphatic heterocycles. The van der Waals surface area contributed by atoms with Crippen molar-refractivity contribution in [1.82, 2.24) is 15.1 Å². The minimum atomic E-state index is -0.117. The molecular weight excluding hydrogens is 390 g/mol. The summed E-state index contributed by atoms with van der Waals surface area (Å²) in [6.45, 7) is 1.03. The molecule has 6 nitrogen and oxygen atoms in total. The number of phenolic OH excluding ortho intramolecular Hbond substituents is 1. The zero-order chi connectivity index (χ0) is 20.4. The first-order chi connectivity index (χ1) is 14.0. The van der Waals surface area contributed by atoms with Gasteiger partial charge in [0, 0.05) is 35.2 Å². The lowest BCUT2D eigenvalue weighted by atomic mass is 9.89. The molecule has 2 aromatic carbocycles. The highest BCUT2D eigenvalue weighted by Gasteiger charge is 2.29. The van der Waals surface area contributed by atoms with E-state index < -0.39 is 0 Å². The van der Waals surface area contributed by atoms with Gasteiger partial charge in [0.1, 0.15) is 11.4 Å². The normalized spacial score (nSPS) is 14.7. The molecule has 0 saturated carbocycles. The molecule has 0 unspecified atom stereocenters. The molecule has 1 fully saturated rings. The van der Waals surface area contributed by atoms with Crippen LogP contribution < -0.4 is 0 Å². The molecule has 0 aliphatic carbocycles. The smallest absolute Gasteiger partial charge is 0.271 e. The number of likely N-dealkylation sites (tertiary alicyclic amines) is 1. The molecule has 148 valence electrons. The van der Waals surface area contributed by atoms with Crippen LogP contribution in [0, 0.1) is 5.92 Å². The third-order valence-corrected chi connectivity index (χ3v) is 5.51. The van der Waals surface area contributed by atoms with Crippen molar-refractivity contribution in [1.29, 1.82) is 0 Å². The van der Waals surface area contributed by atoms with Gasteiger partial charge < -0.3 is 10.0 Å². The second kappa shape index (κ2) is 8.09. The van der Waals surface area contributed by atoms with Crippen molar-refractivity contribution in [2.75, 3.05) is 13.1 Å². The Morgan fingerprint density at radius 3 is 2.34 bits per heavy atom. The summed E-state index contributed by atoms with van der Waals surface area (Å²) < 4.78 is 0. The average Bonchev–Trinajstić information content (AvgIpc) is 3.24. The van der Waals surface area contributed by atoms with E-state index in [-0.39, 0.29) is 23.4 Å². The number of H-pyrrole nitrogens is 1. The van der Waals surface area contributed by atoms with Crippen molar-refractivity contribution in [3.05, 3.63) is 70.9 Å². The summed E-state index contributed by atoms with van der Waals surface area (Å²) in [7, 11) is 0. The number of piperidine rings is 1. The van der Waals surface area contributed by atoms with Crippen molar-refractivity contribution in [3.63, 3.8) is 0 Å². The Morgan fingerprint density at radius 2 is 1.69 bits per heavy atom. The molecule has 29 heavy (non-hydrogen) atoms.